The van der Waals surface area contributed by atoms with E-state index >= 15 is 0 Å². The van der Waals surface area contributed by atoms with Gasteiger partial charge in [-0.05, 0) is 6.42 Å². The topological polar surface area (TPSA) is 77.1 Å². The monoisotopic (exact) mass is 389 g/mol. The van der Waals surface area contributed by atoms with E-state index in [0.29, 0.717) is 7.05 Å². The van der Waals surface area contributed by atoms with Crippen molar-refractivity contribution in [2.45, 2.75) is 41.1 Å². The molecular weight excluding hydrogens is 378 g/mol. The van der Waals surface area contributed by atoms with Crippen LogP contribution >= 0.6 is 0 Å². The summed E-state index contributed by atoms with van der Waals surface area (Å²) < 4.78 is 122. The molecule has 1 heterocycles. The summed E-state index contributed by atoms with van der Waals surface area (Å²) in [5.41, 5.74) is -11.6. The summed E-state index contributed by atoms with van der Waals surface area (Å²) in [6.07, 6.45) is 0.0898. The second-order valence-corrected chi connectivity index (χ2v) is 8.13. The van der Waals surface area contributed by atoms with Gasteiger partial charge in [0.15, 0.2) is 6.20 Å². The van der Waals surface area contributed by atoms with Gasteiger partial charge in [-0.3, -0.25) is 0 Å². The van der Waals surface area contributed by atoms with Crippen molar-refractivity contribution in [1.29, 1.82) is 0 Å². The van der Waals surface area contributed by atoms with E-state index in [1.165, 1.54) is 6.92 Å². The molecule has 0 bridgehead atoms. The Labute approximate surface area is 127 Å². The van der Waals surface area contributed by atoms with Crippen molar-refractivity contribution < 1.29 is 47.7 Å². The van der Waals surface area contributed by atoms with E-state index in [1.54, 1.807) is 0 Å². The maximum absolute atomic E-state index is 12.7. The van der Waals surface area contributed by atoms with Crippen molar-refractivity contribution in [3.63, 3.8) is 0 Å². The molecule has 0 aliphatic rings. The molecule has 1 aromatic heterocycles. The first kappa shape index (κ1) is 19.7. The molecule has 0 fully saturated rings. The summed E-state index contributed by atoms with van der Waals surface area (Å²) in [6, 6.07) is 0. The Bertz CT molecular complexity index is 804. The Morgan fingerprint density at radius 2 is 1.43 bits per heavy atom. The average Bonchev–Trinajstić information content (AvgIpc) is 2.64. The van der Waals surface area contributed by atoms with E-state index in [9.17, 15) is 43.2 Å². The third kappa shape index (κ3) is 3.18. The van der Waals surface area contributed by atoms with E-state index in [2.05, 4.69) is 0 Å². The lowest BCUT2D eigenvalue weighted by Crippen LogP contribution is -2.39. The molecular formula is C9H11F6N2O4S2+. The molecule has 1 rings (SSSR count). The van der Waals surface area contributed by atoms with Crippen molar-refractivity contribution >= 4 is 19.7 Å². The number of imidazole rings is 1. The number of rotatable bonds is 4. The minimum Gasteiger partial charge on any atom is -0.221 e. The van der Waals surface area contributed by atoms with Gasteiger partial charge in [-0.2, -0.15) is 26.3 Å². The summed E-state index contributed by atoms with van der Waals surface area (Å²) in [5, 5.41) is -3.16. The summed E-state index contributed by atoms with van der Waals surface area (Å²) in [7, 11) is -11.4. The Balaban J connectivity index is 3.87. The zero-order chi connectivity index (χ0) is 18.4. The van der Waals surface area contributed by atoms with Gasteiger partial charge in [0.05, 0.1) is 13.6 Å². The molecule has 0 unspecified atom stereocenters. The van der Waals surface area contributed by atoms with Crippen molar-refractivity contribution in [3.05, 3.63) is 6.20 Å². The number of nitrogens with zero attached hydrogens (tertiary/aromatic N) is 2. The lowest BCUT2D eigenvalue weighted by molar-refractivity contribution is -0.711. The molecule has 0 atom stereocenters. The molecule has 0 saturated carbocycles. The summed E-state index contributed by atoms with van der Waals surface area (Å²) in [6.45, 7) is 0.657. The maximum atomic E-state index is 12.7. The van der Waals surface area contributed by atoms with Gasteiger partial charge >= 0.3 is 35.8 Å². The highest BCUT2D eigenvalue weighted by molar-refractivity contribution is 7.92. The fraction of sp³-hybridized carbons (Fsp3) is 0.667. The number of aryl methyl sites for hydroxylation is 1. The fourth-order valence-corrected chi connectivity index (χ4v) is 3.95. The Morgan fingerprint density at radius 1 is 1.00 bits per heavy atom. The number of hydrogen-bond donors (Lipinski definition) is 0. The van der Waals surface area contributed by atoms with Crippen LogP contribution in [0.25, 0.3) is 0 Å². The van der Waals surface area contributed by atoms with Crippen LogP contribution in [0.2, 0.25) is 0 Å². The largest absolute Gasteiger partial charge is 0.509 e. The van der Waals surface area contributed by atoms with Crippen LogP contribution in [0.5, 0.6) is 0 Å². The van der Waals surface area contributed by atoms with E-state index in [-0.39, 0.29) is 21.8 Å². The first-order valence-corrected chi connectivity index (χ1v) is 8.77. The lowest BCUT2D eigenvalue weighted by Gasteiger charge is -2.09. The predicted molar refractivity (Wildman–Crippen MR) is 62.4 cm³/mol. The van der Waals surface area contributed by atoms with Crippen LogP contribution < -0.4 is 4.57 Å². The van der Waals surface area contributed by atoms with Gasteiger partial charge in [0.25, 0.3) is 5.03 Å². The highest BCUT2D eigenvalue weighted by Crippen LogP contribution is 2.34. The van der Waals surface area contributed by atoms with Gasteiger partial charge in [-0.25, -0.2) is 26.0 Å². The zero-order valence-corrected chi connectivity index (χ0v) is 13.2. The predicted octanol–water partition coefficient (Wildman–Crippen LogP) is 1.31. The highest BCUT2D eigenvalue weighted by Gasteiger charge is 2.58. The molecule has 0 N–H and O–H groups in total. The summed E-state index contributed by atoms with van der Waals surface area (Å²) >= 11 is 0. The Morgan fingerprint density at radius 3 is 1.78 bits per heavy atom. The number of hydrogen-bond acceptors (Lipinski definition) is 4. The van der Waals surface area contributed by atoms with Gasteiger partial charge in [0.1, 0.15) is 0 Å². The van der Waals surface area contributed by atoms with Crippen LogP contribution in [0.4, 0.5) is 26.3 Å². The van der Waals surface area contributed by atoms with Crippen LogP contribution in [-0.2, 0) is 33.3 Å². The van der Waals surface area contributed by atoms with E-state index < -0.39 is 47.4 Å². The third-order valence-electron chi connectivity index (χ3n) is 2.68. The van der Waals surface area contributed by atoms with Crippen molar-refractivity contribution in [2.24, 2.45) is 7.05 Å². The second kappa shape index (κ2) is 5.65. The Hall–Kier alpha value is -1.31. The van der Waals surface area contributed by atoms with Crippen molar-refractivity contribution in [2.75, 3.05) is 0 Å². The maximum Gasteiger partial charge on any atom is 0.509 e. The molecule has 0 spiro atoms. The number of aromatic nitrogens is 2. The van der Waals surface area contributed by atoms with Gasteiger partial charge < -0.3 is 0 Å². The van der Waals surface area contributed by atoms with Gasteiger partial charge in [-0.15, -0.1) is 0 Å². The van der Waals surface area contributed by atoms with Crippen LogP contribution in [0.1, 0.15) is 13.3 Å². The molecule has 0 radical (unpaired) electrons. The Kier molecular flexibility index (Phi) is 4.85. The van der Waals surface area contributed by atoms with E-state index in [0.717, 1.165) is 0 Å². The number of halogens is 6. The SMILES string of the molecule is CCCn1c(S(=O)(=O)C(F)(F)F)c[n+](C)c1S(=O)(=O)C(F)(F)F. The molecule has 0 saturated heterocycles. The van der Waals surface area contributed by atoms with Gasteiger partial charge in [0.2, 0.25) is 0 Å². The normalized spacial score (nSPS) is 14.3. The lowest BCUT2D eigenvalue weighted by atomic mass is 10.5. The molecule has 0 aliphatic heterocycles. The first-order chi connectivity index (χ1) is 10.1. The standard InChI is InChI=1S/C9H11F6N2O4S2/c1-3-4-17-6(22(18,19)8(10,11)12)5-16(2)7(17)23(20,21)9(13,14)15/h5H,3-4H2,1-2H3/q+1. The fourth-order valence-electron chi connectivity index (χ4n) is 1.78. The second-order valence-electron chi connectivity index (χ2n) is 4.41. The van der Waals surface area contributed by atoms with Crippen molar-refractivity contribution in [1.82, 2.24) is 4.57 Å². The van der Waals surface area contributed by atoms with Crippen molar-refractivity contribution in [3.8, 4) is 0 Å². The highest BCUT2D eigenvalue weighted by atomic mass is 32.2. The minimum atomic E-state index is -6.05. The van der Waals surface area contributed by atoms with Crippen LogP contribution in [-0.4, -0.2) is 32.4 Å². The smallest absolute Gasteiger partial charge is 0.221 e. The van der Waals surface area contributed by atoms with E-state index in [1.807, 2.05) is 0 Å². The van der Waals surface area contributed by atoms with Crippen LogP contribution in [0.3, 0.4) is 0 Å². The number of alkyl halides is 6. The quantitative estimate of drug-likeness (QED) is 0.575. The average molecular weight is 389 g/mol. The molecule has 0 aliphatic carbocycles. The molecule has 134 valence electrons. The van der Waals surface area contributed by atoms with Crippen LogP contribution in [0.15, 0.2) is 16.4 Å². The zero-order valence-electron chi connectivity index (χ0n) is 11.6. The molecule has 6 nitrogen and oxygen atoms in total. The van der Waals surface area contributed by atoms with Gasteiger partial charge in [0, 0.05) is 0 Å². The first-order valence-electron chi connectivity index (χ1n) is 5.81. The summed E-state index contributed by atoms with van der Waals surface area (Å²) in [4.78, 5) is 0. The molecule has 23 heavy (non-hydrogen) atoms. The van der Waals surface area contributed by atoms with E-state index in [4.69, 9.17) is 0 Å². The molecule has 0 aromatic carbocycles. The summed E-state index contributed by atoms with van der Waals surface area (Å²) in [5.74, 6) is 0. The third-order valence-corrected chi connectivity index (χ3v) is 5.76. The minimum absolute atomic E-state index is 0.00829. The van der Waals surface area contributed by atoms with Gasteiger partial charge in [-0.1, -0.05) is 6.92 Å². The molecule has 1 aromatic rings. The molecule has 0 amide bonds. The van der Waals surface area contributed by atoms with Crippen LogP contribution in [0, 0.1) is 0 Å². The number of sulfone groups is 2. The molecule has 14 heteroatoms.